The molecule has 0 radical (unpaired) electrons. The second kappa shape index (κ2) is 9.31. The van der Waals surface area contributed by atoms with Gasteiger partial charge < -0.3 is 10.1 Å². The maximum absolute atomic E-state index is 12.0. The monoisotopic (exact) mass is 363 g/mol. The van der Waals surface area contributed by atoms with Crippen molar-refractivity contribution < 1.29 is 14.5 Å². The summed E-state index contributed by atoms with van der Waals surface area (Å²) in [7, 11) is 0. The molecule has 0 saturated carbocycles. The summed E-state index contributed by atoms with van der Waals surface area (Å²) in [6.07, 6.45) is 5.68. The van der Waals surface area contributed by atoms with Crippen LogP contribution >= 0.6 is 0 Å². The molecule has 1 aliphatic rings. The van der Waals surface area contributed by atoms with Gasteiger partial charge in [0.25, 0.3) is 5.69 Å². The van der Waals surface area contributed by atoms with Gasteiger partial charge in [-0.1, -0.05) is 26.8 Å². The van der Waals surface area contributed by atoms with Gasteiger partial charge in [0.1, 0.15) is 11.8 Å². The van der Waals surface area contributed by atoms with Crippen LogP contribution in [0.2, 0.25) is 0 Å². The van der Waals surface area contributed by atoms with E-state index in [0.29, 0.717) is 5.56 Å². The van der Waals surface area contributed by atoms with E-state index in [-0.39, 0.29) is 17.6 Å². The molecule has 1 N–H and O–H groups in total. The van der Waals surface area contributed by atoms with Crippen LogP contribution in [0.25, 0.3) is 5.57 Å². The van der Waals surface area contributed by atoms with Gasteiger partial charge in [0.05, 0.1) is 16.5 Å². The van der Waals surface area contributed by atoms with Crippen LogP contribution in [-0.4, -0.2) is 27.6 Å². The molecule has 0 saturated heterocycles. The normalized spacial score (nSPS) is 19.5. The molecule has 2 rings (SSSR count). The van der Waals surface area contributed by atoms with Crippen molar-refractivity contribution in [2.45, 2.75) is 66.0 Å². The highest BCUT2D eigenvalue weighted by Gasteiger charge is 2.27. The number of carbonyl (C=O) groups excluding carboxylic acids is 1. The highest BCUT2D eigenvalue weighted by atomic mass is 16.6. The van der Waals surface area contributed by atoms with Crippen molar-refractivity contribution in [1.29, 1.82) is 0 Å². The Labute approximate surface area is 155 Å². The van der Waals surface area contributed by atoms with Crippen molar-refractivity contribution in [3.05, 3.63) is 40.2 Å². The summed E-state index contributed by atoms with van der Waals surface area (Å²) in [5, 5.41) is 14.0. The van der Waals surface area contributed by atoms with Crippen LogP contribution in [-0.2, 0) is 4.74 Å². The molecule has 26 heavy (non-hydrogen) atoms. The van der Waals surface area contributed by atoms with Crippen LogP contribution in [0.1, 0.15) is 59.9 Å². The summed E-state index contributed by atoms with van der Waals surface area (Å²) in [5.41, 5.74) is 0.816. The number of nitro groups is 1. The Balaban J connectivity index is 0.00000163. The molecular formula is C19H29N3O4. The number of nitrogens with zero attached hydrogens (tertiary/aromatic N) is 2. The number of pyridine rings is 1. The Morgan fingerprint density at radius 1 is 1.38 bits per heavy atom. The van der Waals surface area contributed by atoms with Gasteiger partial charge in [-0.3, -0.25) is 15.1 Å². The summed E-state index contributed by atoms with van der Waals surface area (Å²) in [5.74, 6) is 0.290. The highest BCUT2D eigenvalue weighted by molar-refractivity contribution is 5.75. The minimum atomic E-state index is -0.569. The van der Waals surface area contributed by atoms with Crippen LogP contribution < -0.4 is 5.32 Å². The number of alkyl carbamates (subject to hydrolysis) is 1. The highest BCUT2D eigenvalue weighted by Crippen LogP contribution is 2.34. The zero-order valence-corrected chi connectivity index (χ0v) is 16.4. The van der Waals surface area contributed by atoms with Gasteiger partial charge in [0.15, 0.2) is 0 Å². The molecule has 1 aromatic rings. The van der Waals surface area contributed by atoms with Crippen LogP contribution in [0.15, 0.2) is 24.5 Å². The van der Waals surface area contributed by atoms with Gasteiger partial charge in [-0.25, -0.2) is 4.79 Å². The zero-order valence-electron chi connectivity index (χ0n) is 16.4. The van der Waals surface area contributed by atoms with Crippen LogP contribution in [0.4, 0.5) is 10.5 Å². The molecule has 7 nitrogen and oxygen atoms in total. The lowest BCUT2D eigenvalue weighted by Gasteiger charge is -2.28. The van der Waals surface area contributed by atoms with Crippen molar-refractivity contribution in [3.8, 4) is 0 Å². The minimum Gasteiger partial charge on any atom is -0.444 e. The fourth-order valence-electron chi connectivity index (χ4n) is 2.83. The third kappa shape index (κ3) is 6.46. The Bertz CT molecular complexity index is 665. The Hall–Kier alpha value is -2.44. The molecule has 0 spiro atoms. The van der Waals surface area contributed by atoms with E-state index in [1.165, 1.54) is 6.20 Å². The van der Waals surface area contributed by atoms with Crippen molar-refractivity contribution in [1.82, 2.24) is 10.3 Å². The largest absolute Gasteiger partial charge is 0.444 e. The average molecular weight is 363 g/mol. The van der Waals surface area contributed by atoms with E-state index >= 15 is 0 Å². The third-order valence-corrected chi connectivity index (χ3v) is 3.67. The SMILES string of the molecule is CC.CC1CC(c2ccncc2[N+](=O)[O-])=CC(NC(=O)OC(C)(C)C)C1. The lowest BCUT2D eigenvalue weighted by molar-refractivity contribution is -0.385. The number of allylic oxidation sites excluding steroid dienone is 1. The van der Waals surface area contributed by atoms with E-state index in [2.05, 4.69) is 17.2 Å². The first kappa shape index (κ1) is 21.6. The maximum Gasteiger partial charge on any atom is 0.408 e. The predicted octanol–water partition coefficient (Wildman–Crippen LogP) is 4.72. The number of aromatic nitrogens is 1. The molecule has 7 heteroatoms. The summed E-state index contributed by atoms with van der Waals surface area (Å²) >= 11 is 0. The summed E-state index contributed by atoms with van der Waals surface area (Å²) < 4.78 is 5.28. The molecule has 2 unspecified atom stereocenters. The number of hydrogen-bond donors (Lipinski definition) is 1. The predicted molar refractivity (Wildman–Crippen MR) is 102 cm³/mol. The summed E-state index contributed by atoms with van der Waals surface area (Å²) in [6, 6.07) is 1.43. The van der Waals surface area contributed by atoms with E-state index < -0.39 is 16.6 Å². The first-order valence-electron chi connectivity index (χ1n) is 8.94. The standard InChI is InChI=1S/C17H23N3O4.C2H6/c1-11-7-12(14-5-6-18-10-15(14)20(22)23)9-13(8-11)19-16(21)24-17(2,3)4;1-2/h5-6,9-11,13H,7-8H2,1-4H3,(H,19,21);1-2H3. The van der Waals surface area contributed by atoms with E-state index in [4.69, 9.17) is 4.74 Å². The third-order valence-electron chi connectivity index (χ3n) is 3.67. The molecule has 0 aliphatic heterocycles. The average Bonchev–Trinajstić information content (AvgIpc) is 2.54. The van der Waals surface area contributed by atoms with E-state index in [1.54, 1.807) is 33.0 Å². The van der Waals surface area contributed by atoms with Crippen LogP contribution in [0.3, 0.4) is 0 Å². The second-order valence-electron chi connectivity index (χ2n) is 7.14. The Morgan fingerprint density at radius 3 is 2.62 bits per heavy atom. The number of nitrogens with one attached hydrogen (secondary N) is 1. The zero-order chi connectivity index (χ0) is 19.9. The number of amides is 1. The van der Waals surface area contributed by atoms with Gasteiger partial charge in [-0.15, -0.1) is 0 Å². The number of carbonyl (C=O) groups is 1. The quantitative estimate of drug-likeness (QED) is 0.619. The molecular weight excluding hydrogens is 334 g/mol. The summed E-state index contributed by atoms with van der Waals surface area (Å²) in [6.45, 7) is 11.5. The van der Waals surface area contributed by atoms with Crippen molar-refractivity contribution >= 4 is 17.4 Å². The molecule has 1 aliphatic carbocycles. The molecule has 1 heterocycles. The molecule has 1 aromatic heterocycles. The molecule has 0 fully saturated rings. The second-order valence-corrected chi connectivity index (χ2v) is 7.14. The van der Waals surface area contributed by atoms with E-state index in [9.17, 15) is 14.9 Å². The van der Waals surface area contributed by atoms with Gasteiger partial charge >= 0.3 is 6.09 Å². The fourth-order valence-corrected chi connectivity index (χ4v) is 2.83. The van der Waals surface area contributed by atoms with E-state index in [0.717, 1.165) is 18.4 Å². The molecule has 144 valence electrons. The lowest BCUT2D eigenvalue weighted by atomic mass is 9.84. The van der Waals surface area contributed by atoms with Crippen molar-refractivity contribution in [2.75, 3.05) is 0 Å². The number of ether oxygens (including phenoxy) is 1. The number of hydrogen-bond acceptors (Lipinski definition) is 5. The van der Waals surface area contributed by atoms with E-state index in [1.807, 2.05) is 19.9 Å². The topological polar surface area (TPSA) is 94.4 Å². The van der Waals surface area contributed by atoms with Gasteiger partial charge in [-0.05, 0) is 51.2 Å². The first-order chi connectivity index (χ1) is 12.2. The summed E-state index contributed by atoms with van der Waals surface area (Å²) in [4.78, 5) is 26.6. The molecule has 2 atom stereocenters. The van der Waals surface area contributed by atoms with Gasteiger partial charge in [0.2, 0.25) is 0 Å². The molecule has 0 bridgehead atoms. The number of rotatable bonds is 3. The maximum atomic E-state index is 12.0. The van der Waals surface area contributed by atoms with Crippen LogP contribution in [0.5, 0.6) is 0 Å². The molecule has 1 amide bonds. The van der Waals surface area contributed by atoms with Crippen LogP contribution in [0, 0.1) is 16.0 Å². The van der Waals surface area contributed by atoms with Gasteiger partial charge in [0, 0.05) is 6.20 Å². The fraction of sp³-hybridized carbons (Fsp3) is 0.579. The van der Waals surface area contributed by atoms with Crippen molar-refractivity contribution in [3.63, 3.8) is 0 Å². The Morgan fingerprint density at radius 2 is 2.04 bits per heavy atom. The smallest absolute Gasteiger partial charge is 0.408 e. The van der Waals surface area contributed by atoms with Gasteiger partial charge in [-0.2, -0.15) is 0 Å². The Kier molecular flexibility index (Phi) is 7.74. The van der Waals surface area contributed by atoms with Crippen molar-refractivity contribution in [2.24, 2.45) is 5.92 Å². The minimum absolute atomic E-state index is 0.0196. The molecule has 0 aromatic carbocycles. The first-order valence-corrected chi connectivity index (χ1v) is 8.94. The lowest BCUT2D eigenvalue weighted by Crippen LogP contribution is -2.40.